The highest BCUT2D eigenvalue weighted by Gasteiger charge is 2.06. The molecular weight excluding hydrogens is 326 g/mol. The minimum atomic E-state index is 0.547. The Labute approximate surface area is 156 Å². The van der Waals surface area contributed by atoms with Crippen LogP contribution in [0.15, 0.2) is 53.5 Å². The van der Waals surface area contributed by atoms with Crippen molar-refractivity contribution < 1.29 is 9.47 Å². The van der Waals surface area contributed by atoms with Crippen molar-refractivity contribution in [1.82, 2.24) is 10.6 Å². The van der Waals surface area contributed by atoms with Crippen LogP contribution in [0.2, 0.25) is 0 Å². The first kappa shape index (κ1) is 19.8. The molecule has 0 bridgehead atoms. The smallest absolute Gasteiger partial charge is 0.191 e. The van der Waals surface area contributed by atoms with Crippen molar-refractivity contribution in [2.45, 2.75) is 26.9 Å². The Bertz CT molecular complexity index is 687. The average molecular weight is 355 g/mol. The molecule has 0 atom stereocenters. The molecule has 2 aromatic rings. The van der Waals surface area contributed by atoms with Gasteiger partial charge in [-0.25, -0.2) is 0 Å². The van der Waals surface area contributed by atoms with Crippen LogP contribution in [0.5, 0.6) is 5.75 Å². The van der Waals surface area contributed by atoms with Crippen LogP contribution in [0.3, 0.4) is 0 Å². The molecule has 140 valence electrons. The highest BCUT2D eigenvalue weighted by molar-refractivity contribution is 5.79. The van der Waals surface area contributed by atoms with Crippen molar-refractivity contribution in [2.75, 3.05) is 26.9 Å². The fraction of sp³-hybridized carbons (Fsp3) is 0.381. The molecule has 0 saturated heterocycles. The lowest BCUT2D eigenvalue weighted by Gasteiger charge is -2.15. The third-order valence-electron chi connectivity index (χ3n) is 3.88. The molecule has 0 saturated carbocycles. The maximum atomic E-state index is 5.89. The fourth-order valence-electron chi connectivity index (χ4n) is 2.48. The van der Waals surface area contributed by atoms with E-state index < -0.39 is 0 Å². The number of rotatable bonds is 9. The predicted octanol–water partition coefficient (Wildman–Crippen LogP) is 3.28. The summed E-state index contributed by atoms with van der Waals surface area (Å²) in [6, 6.07) is 16.5. The van der Waals surface area contributed by atoms with Crippen LogP contribution in [0, 0.1) is 6.92 Å². The Kier molecular flexibility index (Phi) is 8.49. The van der Waals surface area contributed by atoms with E-state index in [0.717, 1.165) is 23.8 Å². The van der Waals surface area contributed by atoms with Crippen LogP contribution in [0.25, 0.3) is 0 Å². The average Bonchev–Trinajstić information content (AvgIpc) is 2.67. The lowest BCUT2D eigenvalue weighted by atomic mass is 10.1. The van der Waals surface area contributed by atoms with Crippen molar-refractivity contribution in [1.29, 1.82) is 0 Å². The molecular formula is C21H29N3O2. The zero-order valence-corrected chi connectivity index (χ0v) is 15.9. The van der Waals surface area contributed by atoms with E-state index in [2.05, 4.69) is 52.9 Å². The van der Waals surface area contributed by atoms with Gasteiger partial charge in [-0.2, -0.15) is 0 Å². The molecule has 0 aliphatic carbocycles. The number of hydrogen-bond acceptors (Lipinski definition) is 3. The zero-order chi connectivity index (χ0) is 18.6. The summed E-state index contributed by atoms with van der Waals surface area (Å²) in [5.74, 6) is 1.64. The summed E-state index contributed by atoms with van der Waals surface area (Å²) < 4.78 is 11.2. The van der Waals surface area contributed by atoms with Crippen LogP contribution >= 0.6 is 0 Å². The quantitative estimate of drug-likeness (QED) is 0.412. The molecule has 5 heteroatoms. The number of aliphatic imine (C=N–C) groups is 1. The van der Waals surface area contributed by atoms with E-state index in [0.29, 0.717) is 26.4 Å². The number of nitrogens with zero attached hydrogens (tertiary/aromatic N) is 1. The maximum absolute atomic E-state index is 5.89. The van der Waals surface area contributed by atoms with Crippen LogP contribution < -0.4 is 15.4 Å². The standard InChI is InChI=1S/C21H29N3O2/c1-4-25-12-13-26-20-14-17(2)10-11-19(20)16-24-21(22-3)23-15-18-8-6-5-7-9-18/h5-11,14H,4,12-13,15-16H2,1-3H3,(H2,22,23,24). The van der Waals surface area contributed by atoms with Gasteiger partial charge in [0, 0.05) is 32.3 Å². The summed E-state index contributed by atoms with van der Waals surface area (Å²) in [7, 11) is 1.77. The van der Waals surface area contributed by atoms with Gasteiger partial charge in [0.15, 0.2) is 5.96 Å². The molecule has 5 nitrogen and oxygen atoms in total. The van der Waals surface area contributed by atoms with Gasteiger partial charge < -0.3 is 20.1 Å². The molecule has 26 heavy (non-hydrogen) atoms. The highest BCUT2D eigenvalue weighted by Crippen LogP contribution is 2.20. The predicted molar refractivity (Wildman–Crippen MR) is 107 cm³/mol. The van der Waals surface area contributed by atoms with E-state index >= 15 is 0 Å². The molecule has 0 radical (unpaired) electrons. The number of nitrogens with one attached hydrogen (secondary N) is 2. The number of ether oxygens (including phenoxy) is 2. The van der Waals surface area contributed by atoms with Crippen LogP contribution in [0.1, 0.15) is 23.6 Å². The van der Waals surface area contributed by atoms with E-state index in [4.69, 9.17) is 9.47 Å². The molecule has 0 amide bonds. The maximum Gasteiger partial charge on any atom is 0.191 e. The van der Waals surface area contributed by atoms with Gasteiger partial charge in [-0.05, 0) is 31.0 Å². The summed E-state index contributed by atoms with van der Waals surface area (Å²) in [6.45, 7) is 7.26. The van der Waals surface area contributed by atoms with Crippen LogP contribution in [-0.4, -0.2) is 32.8 Å². The van der Waals surface area contributed by atoms with Crippen molar-refractivity contribution in [2.24, 2.45) is 4.99 Å². The van der Waals surface area contributed by atoms with Gasteiger partial charge in [0.05, 0.1) is 6.61 Å². The Balaban J connectivity index is 1.89. The van der Waals surface area contributed by atoms with E-state index in [1.54, 1.807) is 7.05 Å². The van der Waals surface area contributed by atoms with E-state index in [1.165, 1.54) is 11.1 Å². The summed E-state index contributed by atoms with van der Waals surface area (Å²) in [5, 5.41) is 6.67. The topological polar surface area (TPSA) is 54.9 Å². The molecule has 0 aromatic heterocycles. The SMILES string of the molecule is CCOCCOc1cc(C)ccc1CNC(=NC)NCc1ccccc1. The normalized spacial score (nSPS) is 11.3. The molecule has 2 rings (SSSR count). The number of benzene rings is 2. The highest BCUT2D eigenvalue weighted by atomic mass is 16.5. The Morgan fingerprint density at radius 1 is 1.00 bits per heavy atom. The van der Waals surface area contributed by atoms with Crippen molar-refractivity contribution >= 4 is 5.96 Å². The van der Waals surface area contributed by atoms with Gasteiger partial charge in [-0.15, -0.1) is 0 Å². The van der Waals surface area contributed by atoms with Crippen LogP contribution in [0.4, 0.5) is 0 Å². The van der Waals surface area contributed by atoms with E-state index in [9.17, 15) is 0 Å². The van der Waals surface area contributed by atoms with Crippen molar-refractivity contribution in [3.8, 4) is 5.75 Å². The molecule has 0 fully saturated rings. The Hall–Kier alpha value is -2.53. The molecule has 0 spiro atoms. The van der Waals surface area contributed by atoms with E-state index in [-0.39, 0.29) is 0 Å². The minimum Gasteiger partial charge on any atom is -0.491 e. The molecule has 2 aromatic carbocycles. The third kappa shape index (κ3) is 6.76. The van der Waals surface area contributed by atoms with Crippen molar-refractivity contribution in [3.63, 3.8) is 0 Å². The monoisotopic (exact) mass is 355 g/mol. The third-order valence-corrected chi connectivity index (χ3v) is 3.88. The molecule has 0 unspecified atom stereocenters. The van der Waals surface area contributed by atoms with Gasteiger partial charge >= 0.3 is 0 Å². The fourth-order valence-corrected chi connectivity index (χ4v) is 2.48. The zero-order valence-electron chi connectivity index (χ0n) is 15.9. The molecule has 0 aliphatic heterocycles. The lowest BCUT2D eigenvalue weighted by Crippen LogP contribution is -2.36. The van der Waals surface area contributed by atoms with Gasteiger partial charge in [0.25, 0.3) is 0 Å². The summed E-state index contributed by atoms with van der Waals surface area (Å²) >= 11 is 0. The Morgan fingerprint density at radius 3 is 2.50 bits per heavy atom. The Morgan fingerprint density at radius 2 is 1.77 bits per heavy atom. The first-order valence-corrected chi connectivity index (χ1v) is 9.01. The van der Waals surface area contributed by atoms with Gasteiger partial charge in [-0.3, -0.25) is 4.99 Å². The summed E-state index contributed by atoms with van der Waals surface area (Å²) in [5.41, 5.74) is 3.48. The second-order valence-corrected chi connectivity index (χ2v) is 5.92. The number of hydrogen-bond donors (Lipinski definition) is 2. The van der Waals surface area contributed by atoms with Gasteiger partial charge in [0.1, 0.15) is 12.4 Å². The summed E-state index contributed by atoms with van der Waals surface area (Å²) in [6.07, 6.45) is 0. The molecule has 0 heterocycles. The first-order valence-electron chi connectivity index (χ1n) is 9.01. The van der Waals surface area contributed by atoms with E-state index in [1.807, 2.05) is 25.1 Å². The molecule has 2 N–H and O–H groups in total. The lowest BCUT2D eigenvalue weighted by molar-refractivity contribution is 0.110. The second kappa shape index (κ2) is 11.2. The van der Waals surface area contributed by atoms with Gasteiger partial charge in [0.2, 0.25) is 0 Å². The van der Waals surface area contributed by atoms with Crippen LogP contribution in [-0.2, 0) is 17.8 Å². The number of aryl methyl sites for hydroxylation is 1. The first-order chi connectivity index (χ1) is 12.7. The second-order valence-electron chi connectivity index (χ2n) is 5.92. The van der Waals surface area contributed by atoms with Gasteiger partial charge in [-0.1, -0.05) is 42.5 Å². The van der Waals surface area contributed by atoms with Crippen molar-refractivity contribution in [3.05, 3.63) is 65.2 Å². The summed E-state index contributed by atoms with van der Waals surface area (Å²) in [4.78, 5) is 4.29. The largest absolute Gasteiger partial charge is 0.491 e. The number of guanidine groups is 1. The molecule has 0 aliphatic rings. The minimum absolute atomic E-state index is 0.547.